The first-order valence-corrected chi connectivity index (χ1v) is 11.2. The van der Waals surface area contributed by atoms with Gasteiger partial charge in [-0.15, -0.1) is 0 Å². The average Bonchev–Trinajstić information content (AvgIpc) is 3.26. The van der Waals surface area contributed by atoms with Crippen molar-refractivity contribution in [1.82, 2.24) is 19.7 Å². The normalized spacial score (nSPS) is 24.4. The molecule has 1 amide bonds. The molecular formula is C18H21N7O3S. The van der Waals surface area contributed by atoms with E-state index in [9.17, 15) is 18.5 Å². The third-order valence-corrected chi connectivity index (χ3v) is 7.10. The Morgan fingerprint density at radius 1 is 1.31 bits per heavy atom. The Hall–Kier alpha value is -3.00. The summed E-state index contributed by atoms with van der Waals surface area (Å²) in [5.74, 6) is 0.158. The van der Waals surface area contributed by atoms with Gasteiger partial charge in [0.1, 0.15) is 21.6 Å². The Labute approximate surface area is 168 Å². The standard InChI is InChI=1S/C18H21N7O3S/c1-12-10-24(17(26)15(12)8-19)16-2-5-20-18(23-16)22-13-9-21-25(11-13)14-3-6-29(27,28)7-4-14/h2,5,9,11-12,14-15H,3-4,6-7,10H2,1H3,(H,20,22,23)/t12-,15+/m1/s1. The van der Waals surface area contributed by atoms with Crippen molar-refractivity contribution in [3.63, 3.8) is 0 Å². The number of nitriles is 1. The van der Waals surface area contributed by atoms with E-state index >= 15 is 0 Å². The molecule has 2 atom stereocenters. The monoisotopic (exact) mass is 415 g/mol. The van der Waals surface area contributed by atoms with Crippen molar-refractivity contribution in [3.8, 4) is 6.07 Å². The lowest BCUT2D eigenvalue weighted by molar-refractivity contribution is -0.119. The molecule has 0 aliphatic carbocycles. The van der Waals surface area contributed by atoms with Gasteiger partial charge in [0, 0.05) is 18.9 Å². The van der Waals surface area contributed by atoms with Gasteiger partial charge in [-0.05, 0) is 24.8 Å². The molecule has 0 spiro atoms. The summed E-state index contributed by atoms with van der Waals surface area (Å²) in [6.07, 6.45) is 6.08. The number of rotatable bonds is 4. The summed E-state index contributed by atoms with van der Waals surface area (Å²) in [5, 5.41) is 16.6. The number of aromatic nitrogens is 4. The number of sulfone groups is 1. The lowest BCUT2D eigenvalue weighted by atomic mass is 10.00. The van der Waals surface area contributed by atoms with Gasteiger partial charge in [-0.2, -0.15) is 15.3 Å². The van der Waals surface area contributed by atoms with Gasteiger partial charge in [-0.25, -0.2) is 13.4 Å². The second-order valence-electron chi connectivity index (χ2n) is 7.49. The molecule has 2 fully saturated rings. The van der Waals surface area contributed by atoms with Crippen molar-refractivity contribution in [2.24, 2.45) is 11.8 Å². The van der Waals surface area contributed by atoms with E-state index in [4.69, 9.17) is 0 Å². The molecule has 2 aromatic heterocycles. The van der Waals surface area contributed by atoms with Crippen LogP contribution in [0.5, 0.6) is 0 Å². The molecule has 2 aliphatic heterocycles. The van der Waals surface area contributed by atoms with Crippen LogP contribution < -0.4 is 10.2 Å². The second-order valence-corrected chi connectivity index (χ2v) is 9.79. The first kappa shape index (κ1) is 19.3. The van der Waals surface area contributed by atoms with E-state index in [1.165, 1.54) is 4.90 Å². The third kappa shape index (κ3) is 3.93. The molecule has 1 N–H and O–H groups in total. The van der Waals surface area contributed by atoms with E-state index in [2.05, 4.69) is 26.5 Å². The van der Waals surface area contributed by atoms with Gasteiger partial charge in [0.15, 0.2) is 0 Å². The fourth-order valence-electron chi connectivity index (χ4n) is 3.72. The molecule has 4 heterocycles. The predicted molar refractivity (Wildman–Crippen MR) is 105 cm³/mol. The molecule has 0 radical (unpaired) electrons. The lowest BCUT2D eigenvalue weighted by Crippen LogP contribution is -2.27. The van der Waals surface area contributed by atoms with Crippen molar-refractivity contribution in [1.29, 1.82) is 5.26 Å². The van der Waals surface area contributed by atoms with Gasteiger partial charge in [-0.3, -0.25) is 14.4 Å². The molecule has 0 unspecified atom stereocenters. The van der Waals surface area contributed by atoms with Crippen LogP contribution in [0.1, 0.15) is 25.8 Å². The summed E-state index contributed by atoms with van der Waals surface area (Å²) in [5.41, 5.74) is 0.673. The minimum Gasteiger partial charge on any atom is -0.321 e. The number of carbonyl (C=O) groups excluding carboxylic acids is 1. The summed E-state index contributed by atoms with van der Waals surface area (Å²) >= 11 is 0. The van der Waals surface area contributed by atoms with E-state index in [0.29, 0.717) is 36.8 Å². The van der Waals surface area contributed by atoms with Gasteiger partial charge >= 0.3 is 0 Å². The molecule has 10 nitrogen and oxygen atoms in total. The highest BCUT2D eigenvalue weighted by molar-refractivity contribution is 7.91. The maximum absolute atomic E-state index is 12.4. The maximum atomic E-state index is 12.4. The van der Waals surface area contributed by atoms with Crippen LogP contribution in [0, 0.1) is 23.2 Å². The first-order valence-electron chi connectivity index (χ1n) is 9.42. The molecular weight excluding hydrogens is 394 g/mol. The predicted octanol–water partition coefficient (Wildman–Crippen LogP) is 1.29. The van der Waals surface area contributed by atoms with Crippen molar-refractivity contribution in [3.05, 3.63) is 24.7 Å². The number of nitrogens with zero attached hydrogens (tertiary/aromatic N) is 6. The van der Waals surface area contributed by atoms with Crippen LogP contribution in [0.2, 0.25) is 0 Å². The van der Waals surface area contributed by atoms with E-state index < -0.39 is 15.8 Å². The van der Waals surface area contributed by atoms with Crippen LogP contribution in [0.3, 0.4) is 0 Å². The fraction of sp³-hybridized carbons (Fsp3) is 0.500. The van der Waals surface area contributed by atoms with Crippen molar-refractivity contribution >= 4 is 33.2 Å². The second kappa shape index (κ2) is 7.44. The van der Waals surface area contributed by atoms with Gasteiger partial charge in [-0.1, -0.05) is 6.92 Å². The maximum Gasteiger partial charge on any atom is 0.245 e. The minimum atomic E-state index is -2.92. The summed E-state index contributed by atoms with van der Waals surface area (Å²) in [7, 11) is -2.92. The zero-order valence-corrected chi connectivity index (χ0v) is 16.7. The molecule has 0 bridgehead atoms. The molecule has 11 heteroatoms. The summed E-state index contributed by atoms with van der Waals surface area (Å²) in [6, 6.07) is 3.75. The highest BCUT2D eigenvalue weighted by Gasteiger charge is 2.39. The summed E-state index contributed by atoms with van der Waals surface area (Å²) < 4.78 is 25.0. The number of nitrogens with one attached hydrogen (secondary N) is 1. The first-order chi connectivity index (χ1) is 13.9. The Morgan fingerprint density at radius 3 is 2.76 bits per heavy atom. The Kier molecular flexibility index (Phi) is 4.96. The molecule has 0 aromatic carbocycles. The number of hydrogen-bond acceptors (Lipinski definition) is 8. The largest absolute Gasteiger partial charge is 0.321 e. The zero-order chi connectivity index (χ0) is 20.6. The van der Waals surface area contributed by atoms with E-state index in [-0.39, 0.29) is 29.4 Å². The highest BCUT2D eigenvalue weighted by atomic mass is 32.2. The van der Waals surface area contributed by atoms with E-state index in [1.54, 1.807) is 29.3 Å². The minimum absolute atomic E-state index is 0.0490. The third-order valence-electron chi connectivity index (χ3n) is 5.38. The molecule has 4 rings (SSSR count). The smallest absolute Gasteiger partial charge is 0.245 e. The van der Waals surface area contributed by atoms with Crippen LogP contribution in [-0.4, -0.2) is 52.1 Å². The quantitative estimate of drug-likeness (QED) is 0.789. The Bertz CT molecular complexity index is 1060. The molecule has 29 heavy (non-hydrogen) atoms. The molecule has 2 aromatic rings. The van der Waals surface area contributed by atoms with Crippen LogP contribution in [0.4, 0.5) is 17.5 Å². The molecule has 2 saturated heterocycles. The topological polar surface area (TPSA) is 134 Å². The average molecular weight is 415 g/mol. The van der Waals surface area contributed by atoms with E-state index in [1.807, 2.05) is 6.92 Å². The van der Waals surface area contributed by atoms with Gasteiger partial charge < -0.3 is 5.32 Å². The van der Waals surface area contributed by atoms with Crippen LogP contribution in [0.15, 0.2) is 24.7 Å². The summed E-state index contributed by atoms with van der Waals surface area (Å²) in [4.78, 5) is 22.5. The van der Waals surface area contributed by atoms with Gasteiger partial charge in [0.25, 0.3) is 0 Å². The van der Waals surface area contributed by atoms with Crippen LogP contribution in [0.25, 0.3) is 0 Å². The SMILES string of the molecule is C[C@@H]1CN(c2ccnc(Nc3cnn(C4CCS(=O)(=O)CC4)c3)n2)C(=O)[C@H]1C#N. The molecule has 152 valence electrons. The van der Waals surface area contributed by atoms with Crippen LogP contribution in [-0.2, 0) is 14.6 Å². The highest BCUT2D eigenvalue weighted by Crippen LogP contribution is 2.29. The molecule has 2 aliphatic rings. The van der Waals surface area contributed by atoms with Gasteiger partial charge in [0.2, 0.25) is 11.9 Å². The lowest BCUT2D eigenvalue weighted by Gasteiger charge is -2.22. The van der Waals surface area contributed by atoms with Crippen molar-refractivity contribution in [2.75, 3.05) is 28.3 Å². The fourth-order valence-corrected chi connectivity index (χ4v) is 5.18. The van der Waals surface area contributed by atoms with Crippen molar-refractivity contribution in [2.45, 2.75) is 25.8 Å². The zero-order valence-electron chi connectivity index (χ0n) is 15.9. The molecule has 0 saturated carbocycles. The van der Waals surface area contributed by atoms with Crippen molar-refractivity contribution < 1.29 is 13.2 Å². The van der Waals surface area contributed by atoms with Crippen LogP contribution >= 0.6 is 0 Å². The van der Waals surface area contributed by atoms with E-state index in [0.717, 1.165) is 0 Å². The summed E-state index contributed by atoms with van der Waals surface area (Å²) in [6.45, 7) is 2.31. The number of hydrogen-bond donors (Lipinski definition) is 1. The number of amides is 1. The Balaban J connectivity index is 1.46. The Morgan fingerprint density at radius 2 is 2.07 bits per heavy atom. The van der Waals surface area contributed by atoms with Gasteiger partial charge in [0.05, 0.1) is 35.5 Å². The number of anilines is 3. The number of carbonyl (C=O) groups is 1.